The fourth-order valence-corrected chi connectivity index (χ4v) is 3.71. The molecule has 5 heteroatoms. The Morgan fingerprint density at radius 2 is 1.67 bits per heavy atom. The highest BCUT2D eigenvalue weighted by Crippen LogP contribution is 2.47. The van der Waals surface area contributed by atoms with Gasteiger partial charge in [0.25, 0.3) is 5.91 Å². The Balaban J connectivity index is 1.62. The third-order valence-electron chi connectivity index (χ3n) is 4.47. The van der Waals surface area contributed by atoms with E-state index in [4.69, 9.17) is 0 Å². The molecule has 126 valence electrons. The predicted molar refractivity (Wildman–Crippen MR) is 94.7 cm³/mol. The Bertz CT molecular complexity index is 823. The molecule has 2 aromatic carbocycles. The fraction of sp³-hybridized carbons (Fsp3) is 0.316. The van der Waals surface area contributed by atoms with Crippen molar-refractivity contribution in [2.45, 2.75) is 24.0 Å². The van der Waals surface area contributed by atoms with E-state index in [-0.39, 0.29) is 17.1 Å². The van der Waals surface area contributed by atoms with Gasteiger partial charge < -0.3 is 5.32 Å². The summed E-state index contributed by atoms with van der Waals surface area (Å²) in [7, 11) is -3.06. The first-order valence-corrected chi connectivity index (χ1v) is 10.0. The third kappa shape index (κ3) is 4.03. The van der Waals surface area contributed by atoms with Gasteiger partial charge in [-0.05, 0) is 36.1 Å². The van der Waals surface area contributed by atoms with Crippen LogP contribution in [0.2, 0.25) is 0 Å². The van der Waals surface area contributed by atoms with Crippen molar-refractivity contribution in [2.24, 2.45) is 0 Å². The van der Waals surface area contributed by atoms with Crippen LogP contribution in [-0.2, 0) is 21.0 Å². The average Bonchev–Trinajstić information content (AvgIpc) is 3.34. The molecule has 1 aliphatic rings. The minimum atomic E-state index is -3.06. The van der Waals surface area contributed by atoms with Gasteiger partial charge in [0.2, 0.25) is 0 Å². The normalized spacial score (nSPS) is 15.7. The van der Waals surface area contributed by atoms with Crippen molar-refractivity contribution >= 4 is 15.7 Å². The first-order valence-electron chi connectivity index (χ1n) is 7.98. The van der Waals surface area contributed by atoms with Gasteiger partial charge in [-0.3, -0.25) is 4.79 Å². The molecule has 3 rings (SSSR count). The van der Waals surface area contributed by atoms with Crippen molar-refractivity contribution in [1.82, 2.24) is 5.32 Å². The zero-order valence-electron chi connectivity index (χ0n) is 13.7. The zero-order valence-corrected chi connectivity index (χ0v) is 14.5. The third-order valence-corrected chi connectivity index (χ3v) is 5.33. The largest absolute Gasteiger partial charge is 0.351 e. The van der Waals surface area contributed by atoms with Gasteiger partial charge in [0, 0.05) is 23.8 Å². The van der Waals surface area contributed by atoms with Crippen LogP contribution in [0.1, 0.15) is 34.3 Å². The highest BCUT2D eigenvalue weighted by Gasteiger charge is 2.44. The maximum absolute atomic E-state index is 12.3. The van der Waals surface area contributed by atoms with Crippen molar-refractivity contribution in [3.8, 4) is 0 Å². The molecule has 0 aliphatic heterocycles. The first-order chi connectivity index (χ1) is 11.4. The quantitative estimate of drug-likeness (QED) is 0.877. The molecule has 0 saturated heterocycles. The highest BCUT2D eigenvalue weighted by molar-refractivity contribution is 7.89. The van der Waals surface area contributed by atoms with E-state index in [9.17, 15) is 13.2 Å². The summed E-state index contributed by atoms with van der Waals surface area (Å²) in [5.41, 5.74) is 2.59. The summed E-state index contributed by atoms with van der Waals surface area (Å²) in [6, 6.07) is 17.0. The second-order valence-electron chi connectivity index (χ2n) is 6.60. The number of hydrogen-bond donors (Lipinski definition) is 1. The van der Waals surface area contributed by atoms with E-state index in [0.29, 0.717) is 17.7 Å². The molecule has 0 unspecified atom stereocenters. The van der Waals surface area contributed by atoms with E-state index < -0.39 is 9.84 Å². The molecule has 0 spiro atoms. The molecule has 4 nitrogen and oxygen atoms in total. The number of hydrogen-bond acceptors (Lipinski definition) is 3. The summed E-state index contributed by atoms with van der Waals surface area (Å²) in [5.74, 6) is -0.130. The summed E-state index contributed by atoms with van der Waals surface area (Å²) >= 11 is 0. The van der Waals surface area contributed by atoms with E-state index in [0.717, 1.165) is 12.8 Å². The number of nitrogens with one attached hydrogen (secondary N) is 1. The molecule has 1 fully saturated rings. The Morgan fingerprint density at radius 1 is 1.04 bits per heavy atom. The first kappa shape index (κ1) is 16.7. The molecular weight excluding hydrogens is 322 g/mol. The van der Waals surface area contributed by atoms with Crippen LogP contribution in [0.4, 0.5) is 0 Å². The van der Waals surface area contributed by atoms with Gasteiger partial charge in [0.1, 0.15) is 0 Å². The maximum Gasteiger partial charge on any atom is 0.251 e. The summed E-state index contributed by atoms with van der Waals surface area (Å²) in [4.78, 5) is 12.3. The SMILES string of the molecule is CS(=O)(=O)Cc1ccc(C(=O)NCC2(c3ccccc3)CC2)cc1. The van der Waals surface area contributed by atoms with E-state index in [1.165, 1.54) is 11.8 Å². The molecule has 0 atom stereocenters. The number of rotatable bonds is 6. The molecule has 1 amide bonds. The van der Waals surface area contributed by atoms with Crippen molar-refractivity contribution in [3.05, 3.63) is 71.3 Å². The Hall–Kier alpha value is -2.14. The van der Waals surface area contributed by atoms with Crippen LogP contribution in [0.25, 0.3) is 0 Å². The molecule has 24 heavy (non-hydrogen) atoms. The topological polar surface area (TPSA) is 63.2 Å². The predicted octanol–water partition coefficient (Wildman–Crippen LogP) is 2.69. The van der Waals surface area contributed by atoms with Crippen molar-refractivity contribution in [1.29, 1.82) is 0 Å². The van der Waals surface area contributed by atoms with Crippen LogP contribution >= 0.6 is 0 Å². The standard InChI is InChI=1S/C19H21NO3S/c1-24(22,23)13-15-7-9-16(10-8-15)18(21)20-14-19(11-12-19)17-5-3-2-4-6-17/h2-10H,11-14H2,1H3,(H,20,21). The van der Waals surface area contributed by atoms with Crippen LogP contribution in [-0.4, -0.2) is 27.1 Å². The van der Waals surface area contributed by atoms with Crippen molar-refractivity contribution in [2.75, 3.05) is 12.8 Å². The van der Waals surface area contributed by atoms with Gasteiger partial charge >= 0.3 is 0 Å². The fourth-order valence-electron chi connectivity index (χ4n) is 2.92. The monoisotopic (exact) mass is 343 g/mol. The Labute approximate surface area is 142 Å². The van der Waals surface area contributed by atoms with Crippen LogP contribution in [0.3, 0.4) is 0 Å². The smallest absolute Gasteiger partial charge is 0.251 e. The number of carbonyl (C=O) groups is 1. The second-order valence-corrected chi connectivity index (χ2v) is 8.74. The summed E-state index contributed by atoms with van der Waals surface area (Å²) in [6.07, 6.45) is 3.38. The van der Waals surface area contributed by atoms with Crippen molar-refractivity contribution in [3.63, 3.8) is 0 Å². The molecule has 0 bridgehead atoms. The molecule has 1 saturated carbocycles. The van der Waals surface area contributed by atoms with Crippen LogP contribution in [0, 0.1) is 0 Å². The number of benzene rings is 2. The van der Waals surface area contributed by atoms with Crippen LogP contribution < -0.4 is 5.32 Å². The van der Waals surface area contributed by atoms with Gasteiger partial charge in [0.15, 0.2) is 9.84 Å². The lowest BCUT2D eigenvalue weighted by Gasteiger charge is -2.16. The van der Waals surface area contributed by atoms with Gasteiger partial charge in [-0.1, -0.05) is 42.5 Å². The average molecular weight is 343 g/mol. The highest BCUT2D eigenvalue weighted by atomic mass is 32.2. The number of carbonyl (C=O) groups excluding carboxylic acids is 1. The Kier molecular flexibility index (Phi) is 4.45. The van der Waals surface area contributed by atoms with Crippen molar-refractivity contribution < 1.29 is 13.2 Å². The number of amides is 1. The van der Waals surface area contributed by atoms with E-state index in [1.807, 2.05) is 18.2 Å². The molecular formula is C19H21NO3S. The van der Waals surface area contributed by atoms with E-state index >= 15 is 0 Å². The lowest BCUT2D eigenvalue weighted by Crippen LogP contribution is -2.32. The summed E-state index contributed by atoms with van der Waals surface area (Å²) < 4.78 is 22.6. The van der Waals surface area contributed by atoms with Gasteiger partial charge in [-0.25, -0.2) is 8.42 Å². The lowest BCUT2D eigenvalue weighted by molar-refractivity contribution is 0.0949. The minimum Gasteiger partial charge on any atom is -0.351 e. The summed E-state index contributed by atoms with van der Waals surface area (Å²) in [5, 5.41) is 3.01. The van der Waals surface area contributed by atoms with Gasteiger partial charge in [0.05, 0.1) is 5.75 Å². The minimum absolute atomic E-state index is 0.00792. The molecule has 0 heterocycles. The molecule has 0 radical (unpaired) electrons. The molecule has 2 aromatic rings. The second kappa shape index (κ2) is 6.40. The van der Waals surface area contributed by atoms with Crippen LogP contribution in [0.5, 0.6) is 0 Å². The van der Waals surface area contributed by atoms with Gasteiger partial charge in [-0.2, -0.15) is 0 Å². The Morgan fingerprint density at radius 3 is 2.21 bits per heavy atom. The molecule has 0 aromatic heterocycles. The van der Waals surface area contributed by atoms with E-state index in [1.54, 1.807) is 24.3 Å². The zero-order chi connectivity index (χ0) is 17.2. The molecule has 1 aliphatic carbocycles. The summed E-state index contributed by atoms with van der Waals surface area (Å²) in [6.45, 7) is 0.626. The van der Waals surface area contributed by atoms with Gasteiger partial charge in [-0.15, -0.1) is 0 Å². The maximum atomic E-state index is 12.3. The lowest BCUT2D eigenvalue weighted by atomic mass is 9.96. The molecule has 1 N–H and O–H groups in total. The number of sulfone groups is 1. The van der Waals surface area contributed by atoms with Crippen LogP contribution in [0.15, 0.2) is 54.6 Å². The van der Waals surface area contributed by atoms with E-state index in [2.05, 4.69) is 17.4 Å².